The van der Waals surface area contributed by atoms with Gasteiger partial charge in [0.15, 0.2) is 24.4 Å². The van der Waals surface area contributed by atoms with Crippen LogP contribution in [0.2, 0.25) is 0 Å². The number of hydrogen-bond acceptors (Lipinski definition) is 10. The molecule has 0 N–H and O–H groups in total. The molecule has 0 aromatic heterocycles. The topological polar surface area (TPSA) is 124 Å². The molecule has 0 bridgehead atoms. The van der Waals surface area contributed by atoms with E-state index in [1.54, 1.807) is 6.92 Å². The second-order valence-electron chi connectivity index (χ2n) is 6.86. The van der Waals surface area contributed by atoms with Gasteiger partial charge in [-0.05, 0) is 12.5 Å². The molecule has 6 atom stereocenters. The van der Waals surface area contributed by atoms with Crippen molar-refractivity contribution in [2.45, 2.75) is 64.5 Å². The summed E-state index contributed by atoms with van der Waals surface area (Å²) in [6, 6.07) is 9.10. The molecule has 1 aliphatic rings. The lowest BCUT2D eigenvalue weighted by Gasteiger charge is -2.43. The van der Waals surface area contributed by atoms with Gasteiger partial charge >= 0.3 is 23.9 Å². The highest BCUT2D eigenvalue weighted by Crippen LogP contribution is 2.32. The molecule has 2 rings (SSSR count). The van der Waals surface area contributed by atoms with Gasteiger partial charge in [0.05, 0.1) is 13.2 Å². The van der Waals surface area contributed by atoms with Gasteiger partial charge in [-0.25, -0.2) is 4.79 Å². The fraction of sp³-hybridized carbons (Fsp3) is 0.524. The van der Waals surface area contributed by atoms with Crippen LogP contribution in [0.15, 0.2) is 30.3 Å². The second-order valence-corrected chi connectivity index (χ2v) is 6.86. The zero-order valence-corrected chi connectivity index (χ0v) is 17.9. The fourth-order valence-electron chi connectivity index (χ4n) is 3.19. The van der Waals surface area contributed by atoms with Crippen LogP contribution >= 0.6 is 0 Å². The van der Waals surface area contributed by atoms with Crippen LogP contribution in [0.3, 0.4) is 0 Å². The summed E-state index contributed by atoms with van der Waals surface area (Å²) in [4.78, 5) is 47.6. The first kappa shape index (κ1) is 24.3. The van der Waals surface area contributed by atoms with Crippen molar-refractivity contribution in [3.8, 4) is 0 Å². The summed E-state index contributed by atoms with van der Waals surface area (Å²) in [6.45, 7) is 5.12. The highest BCUT2D eigenvalue weighted by atomic mass is 16.7. The van der Waals surface area contributed by atoms with E-state index in [0.29, 0.717) is 0 Å². The Balaban J connectivity index is 2.45. The maximum atomic E-state index is 12.4. The largest absolute Gasteiger partial charge is 0.467 e. The predicted molar refractivity (Wildman–Crippen MR) is 103 cm³/mol. The van der Waals surface area contributed by atoms with Gasteiger partial charge in [-0.1, -0.05) is 30.3 Å². The number of methoxy groups -OCH3 is 1. The molecule has 10 heteroatoms. The number of esters is 4. The Morgan fingerprint density at radius 3 is 1.87 bits per heavy atom. The van der Waals surface area contributed by atoms with Crippen LogP contribution in [0.25, 0.3) is 0 Å². The molecule has 0 radical (unpaired) electrons. The molecule has 1 fully saturated rings. The Bertz CT molecular complexity index is 793. The van der Waals surface area contributed by atoms with Gasteiger partial charge in [-0.3, -0.25) is 14.4 Å². The van der Waals surface area contributed by atoms with Crippen LogP contribution < -0.4 is 0 Å². The first-order valence-corrected chi connectivity index (χ1v) is 9.59. The van der Waals surface area contributed by atoms with E-state index in [-0.39, 0.29) is 0 Å². The maximum Gasteiger partial charge on any atom is 0.339 e. The van der Waals surface area contributed by atoms with E-state index in [4.69, 9.17) is 28.4 Å². The molecule has 1 heterocycles. The maximum absolute atomic E-state index is 12.4. The van der Waals surface area contributed by atoms with Crippen molar-refractivity contribution in [1.82, 2.24) is 0 Å². The van der Waals surface area contributed by atoms with Gasteiger partial charge in [0.2, 0.25) is 6.29 Å². The molecule has 1 unspecified atom stereocenters. The zero-order chi connectivity index (χ0) is 23.1. The molecule has 0 spiro atoms. The molecule has 1 saturated heterocycles. The number of ether oxygens (including phenoxy) is 6. The van der Waals surface area contributed by atoms with Crippen molar-refractivity contribution in [3.63, 3.8) is 0 Å². The lowest BCUT2D eigenvalue weighted by atomic mass is 9.97. The SMILES string of the molecule is COC(=O)[C@H]1O[C@H](OC(C)c2ccccc2)[C@H](OC(C)=O)[C@@H](OC(C)=O)[C@@H]1OC(C)=O. The Kier molecular flexibility index (Phi) is 8.52. The average molecular weight is 438 g/mol. The highest BCUT2D eigenvalue weighted by molar-refractivity contribution is 5.77. The Labute approximate surface area is 179 Å². The fourth-order valence-corrected chi connectivity index (χ4v) is 3.19. The molecule has 10 nitrogen and oxygen atoms in total. The Hall–Kier alpha value is -2.98. The molecule has 170 valence electrons. The van der Waals surface area contributed by atoms with E-state index in [1.165, 1.54) is 0 Å². The molecule has 0 saturated carbocycles. The lowest BCUT2D eigenvalue weighted by Crippen LogP contribution is -2.63. The standard InChI is InChI=1S/C21H26O10/c1-11(15-9-7-6-8-10-15)27-21-19(30-14(4)24)17(29-13(3)23)16(28-12(2)22)18(31-21)20(25)26-5/h6-11,16-19,21H,1-5H3/t11?,16-,17-,18-,19+,21-/m0/s1. The van der Waals surface area contributed by atoms with E-state index in [2.05, 4.69) is 0 Å². The number of carbonyl (C=O) groups is 4. The first-order chi connectivity index (χ1) is 14.6. The van der Waals surface area contributed by atoms with Crippen molar-refractivity contribution in [3.05, 3.63) is 35.9 Å². The lowest BCUT2D eigenvalue weighted by molar-refractivity contribution is -0.310. The van der Waals surface area contributed by atoms with Crippen LogP contribution in [0, 0.1) is 0 Å². The van der Waals surface area contributed by atoms with Gasteiger partial charge in [-0.15, -0.1) is 0 Å². The number of benzene rings is 1. The van der Waals surface area contributed by atoms with Crippen molar-refractivity contribution < 1.29 is 47.6 Å². The smallest absolute Gasteiger partial charge is 0.339 e. The van der Waals surface area contributed by atoms with E-state index < -0.39 is 60.7 Å². The summed E-state index contributed by atoms with van der Waals surface area (Å²) in [5.41, 5.74) is 0.786. The van der Waals surface area contributed by atoms with Crippen LogP contribution in [0.5, 0.6) is 0 Å². The minimum Gasteiger partial charge on any atom is -0.467 e. The molecule has 1 aromatic carbocycles. The molecule has 1 aliphatic heterocycles. The molecule has 0 aliphatic carbocycles. The molecular weight excluding hydrogens is 412 g/mol. The number of carbonyl (C=O) groups excluding carboxylic acids is 4. The van der Waals surface area contributed by atoms with E-state index >= 15 is 0 Å². The third-order valence-corrected chi connectivity index (χ3v) is 4.44. The predicted octanol–water partition coefficient (Wildman–Crippen LogP) is 1.46. The van der Waals surface area contributed by atoms with Crippen molar-refractivity contribution in [2.24, 2.45) is 0 Å². The third kappa shape index (κ3) is 6.50. The van der Waals surface area contributed by atoms with Crippen LogP contribution in [-0.4, -0.2) is 61.7 Å². The highest BCUT2D eigenvalue weighted by Gasteiger charge is 2.55. The molecule has 31 heavy (non-hydrogen) atoms. The summed E-state index contributed by atoms with van der Waals surface area (Å²) >= 11 is 0. The number of hydrogen-bond donors (Lipinski definition) is 0. The van der Waals surface area contributed by atoms with Gasteiger partial charge in [0.25, 0.3) is 0 Å². The van der Waals surface area contributed by atoms with E-state index in [0.717, 1.165) is 33.4 Å². The summed E-state index contributed by atoms with van der Waals surface area (Å²) in [7, 11) is 1.12. The molecule has 0 amide bonds. The summed E-state index contributed by atoms with van der Waals surface area (Å²) in [5, 5.41) is 0. The molecule has 1 aromatic rings. The van der Waals surface area contributed by atoms with Gasteiger partial charge in [0, 0.05) is 20.8 Å². The third-order valence-electron chi connectivity index (χ3n) is 4.44. The summed E-state index contributed by atoms with van der Waals surface area (Å²) < 4.78 is 32.2. The summed E-state index contributed by atoms with van der Waals surface area (Å²) in [5.74, 6) is -3.12. The normalized spacial score (nSPS) is 26.3. The van der Waals surface area contributed by atoms with Gasteiger partial charge in [-0.2, -0.15) is 0 Å². The monoisotopic (exact) mass is 438 g/mol. The quantitative estimate of drug-likeness (QED) is 0.456. The van der Waals surface area contributed by atoms with Crippen molar-refractivity contribution in [1.29, 1.82) is 0 Å². The Morgan fingerprint density at radius 2 is 1.35 bits per heavy atom. The van der Waals surface area contributed by atoms with E-state index in [9.17, 15) is 19.2 Å². The summed E-state index contributed by atoms with van der Waals surface area (Å²) in [6.07, 6.45) is -7.50. The van der Waals surface area contributed by atoms with Crippen LogP contribution in [0.1, 0.15) is 39.4 Å². The second kappa shape index (κ2) is 10.9. The van der Waals surface area contributed by atoms with Crippen molar-refractivity contribution in [2.75, 3.05) is 7.11 Å². The number of rotatable bonds is 7. The Morgan fingerprint density at radius 1 is 0.839 bits per heavy atom. The average Bonchev–Trinajstić information content (AvgIpc) is 2.71. The first-order valence-electron chi connectivity index (χ1n) is 9.59. The van der Waals surface area contributed by atoms with Crippen LogP contribution in [-0.2, 0) is 47.6 Å². The van der Waals surface area contributed by atoms with Gasteiger partial charge < -0.3 is 28.4 Å². The van der Waals surface area contributed by atoms with Gasteiger partial charge in [0.1, 0.15) is 0 Å². The van der Waals surface area contributed by atoms with Crippen LogP contribution in [0.4, 0.5) is 0 Å². The zero-order valence-electron chi connectivity index (χ0n) is 17.9. The minimum atomic E-state index is -1.49. The van der Waals surface area contributed by atoms with E-state index in [1.807, 2.05) is 30.3 Å². The molecular formula is C21H26O10. The minimum absolute atomic E-state index is 0.550. The van der Waals surface area contributed by atoms with Crippen molar-refractivity contribution >= 4 is 23.9 Å².